The molecule has 2 aliphatic rings. The van der Waals surface area contributed by atoms with Crippen molar-refractivity contribution < 1.29 is 5.11 Å². The van der Waals surface area contributed by atoms with Crippen LogP contribution in [0.2, 0.25) is 0 Å². The Kier molecular flexibility index (Phi) is 1.17. The minimum atomic E-state index is 0.00116. The lowest BCUT2D eigenvalue weighted by Crippen LogP contribution is -2.29. The molecule has 0 saturated heterocycles. The zero-order valence-corrected chi connectivity index (χ0v) is 6.80. The van der Waals surface area contributed by atoms with Crippen LogP contribution >= 0.6 is 0 Å². The topological polar surface area (TPSA) is 20.2 Å². The molecule has 10 heavy (non-hydrogen) atoms. The van der Waals surface area contributed by atoms with E-state index in [1.165, 1.54) is 12.8 Å². The van der Waals surface area contributed by atoms with E-state index in [0.29, 0.717) is 0 Å². The van der Waals surface area contributed by atoms with Crippen LogP contribution in [0.4, 0.5) is 0 Å². The van der Waals surface area contributed by atoms with E-state index in [9.17, 15) is 5.11 Å². The second-order valence-electron chi connectivity index (χ2n) is 4.34. The predicted molar refractivity (Wildman–Crippen MR) is 40.6 cm³/mol. The number of aliphatic hydroxyl groups is 1. The lowest BCUT2D eigenvalue weighted by molar-refractivity contribution is 0.0400. The zero-order chi connectivity index (χ0) is 7.35. The SMILES string of the molecule is CC1[C@@H]2CC[C@@]1(C)[C@@H](O)C2. The number of hydrogen-bond acceptors (Lipinski definition) is 1. The Morgan fingerprint density at radius 1 is 1.50 bits per heavy atom. The van der Waals surface area contributed by atoms with Gasteiger partial charge < -0.3 is 5.11 Å². The van der Waals surface area contributed by atoms with Crippen LogP contribution in [0.1, 0.15) is 33.1 Å². The van der Waals surface area contributed by atoms with Crippen molar-refractivity contribution in [3.05, 3.63) is 0 Å². The molecule has 0 amide bonds. The minimum absolute atomic E-state index is 0.00116. The monoisotopic (exact) mass is 140 g/mol. The Hall–Kier alpha value is -0.0400. The number of aliphatic hydroxyl groups excluding tert-OH is 1. The van der Waals surface area contributed by atoms with Crippen molar-refractivity contribution in [3.63, 3.8) is 0 Å². The molecule has 0 spiro atoms. The van der Waals surface area contributed by atoms with E-state index in [-0.39, 0.29) is 11.5 Å². The molecule has 4 atom stereocenters. The first-order chi connectivity index (χ1) is 4.64. The molecule has 0 aliphatic heterocycles. The van der Waals surface area contributed by atoms with Crippen molar-refractivity contribution in [2.75, 3.05) is 0 Å². The largest absolute Gasteiger partial charge is 0.393 e. The third kappa shape index (κ3) is 0.572. The van der Waals surface area contributed by atoms with Crippen molar-refractivity contribution >= 4 is 0 Å². The maximum atomic E-state index is 9.65. The average molecular weight is 140 g/mol. The first-order valence-electron chi connectivity index (χ1n) is 4.32. The van der Waals surface area contributed by atoms with Crippen LogP contribution in [-0.2, 0) is 0 Å². The molecule has 2 aliphatic carbocycles. The standard InChI is InChI=1S/C9H16O/c1-6-7-3-4-9(6,2)8(10)5-7/h6-8,10H,3-5H2,1-2H3/t6?,7-,8+,9-/m1/s1. The summed E-state index contributed by atoms with van der Waals surface area (Å²) >= 11 is 0. The van der Waals surface area contributed by atoms with Gasteiger partial charge in [-0.15, -0.1) is 0 Å². The van der Waals surface area contributed by atoms with Crippen molar-refractivity contribution in [1.82, 2.24) is 0 Å². The molecule has 0 aromatic carbocycles. The van der Waals surface area contributed by atoms with Crippen LogP contribution < -0.4 is 0 Å². The number of hydrogen-bond donors (Lipinski definition) is 1. The summed E-state index contributed by atoms with van der Waals surface area (Å²) in [5.41, 5.74) is 0.282. The molecule has 1 heteroatoms. The summed E-state index contributed by atoms with van der Waals surface area (Å²) in [7, 11) is 0. The maximum absolute atomic E-state index is 9.65. The highest BCUT2D eigenvalue weighted by molar-refractivity contribution is 5.03. The molecule has 2 rings (SSSR count). The maximum Gasteiger partial charge on any atom is 0.0599 e. The molecule has 2 saturated carbocycles. The Morgan fingerprint density at radius 2 is 2.20 bits per heavy atom. The second-order valence-corrected chi connectivity index (χ2v) is 4.34. The van der Waals surface area contributed by atoms with E-state index in [2.05, 4.69) is 13.8 Å². The number of fused-ring (bicyclic) bond motifs is 2. The highest BCUT2D eigenvalue weighted by Gasteiger charge is 2.53. The van der Waals surface area contributed by atoms with Gasteiger partial charge in [0, 0.05) is 0 Å². The van der Waals surface area contributed by atoms with Crippen molar-refractivity contribution in [3.8, 4) is 0 Å². The van der Waals surface area contributed by atoms with Crippen molar-refractivity contribution in [1.29, 1.82) is 0 Å². The molecule has 2 bridgehead atoms. The van der Waals surface area contributed by atoms with E-state index in [0.717, 1.165) is 18.3 Å². The summed E-state index contributed by atoms with van der Waals surface area (Å²) in [6.45, 7) is 4.54. The minimum Gasteiger partial charge on any atom is -0.393 e. The molecule has 1 unspecified atom stereocenters. The van der Waals surface area contributed by atoms with Crippen LogP contribution in [0.5, 0.6) is 0 Å². The van der Waals surface area contributed by atoms with Crippen molar-refractivity contribution in [2.24, 2.45) is 17.3 Å². The van der Waals surface area contributed by atoms with E-state index in [1.807, 2.05) is 0 Å². The molecule has 0 radical (unpaired) electrons. The summed E-state index contributed by atoms with van der Waals surface area (Å²) in [5.74, 6) is 1.60. The van der Waals surface area contributed by atoms with E-state index in [4.69, 9.17) is 0 Å². The summed E-state index contributed by atoms with van der Waals surface area (Å²) in [5, 5.41) is 9.65. The molecular weight excluding hydrogens is 124 g/mol. The van der Waals surface area contributed by atoms with Gasteiger partial charge in [0.05, 0.1) is 6.10 Å². The Labute approximate surface area is 62.4 Å². The number of rotatable bonds is 0. The van der Waals surface area contributed by atoms with E-state index < -0.39 is 0 Å². The molecule has 0 aromatic heterocycles. The van der Waals surface area contributed by atoms with Gasteiger partial charge in [0.1, 0.15) is 0 Å². The van der Waals surface area contributed by atoms with Gasteiger partial charge in [-0.2, -0.15) is 0 Å². The first-order valence-corrected chi connectivity index (χ1v) is 4.32. The summed E-state index contributed by atoms with van der Waals surface area (Å²) in [6, 6.07) is 0. The zero-order valence-electron chi connectivity index (χ0n) is 6.80. The van der Waals surface area contributed by atoms with Crippen LogP contribution in [-0.4, -0.2) is 11.2 Å². The highest BCUT2D eigenvalue weighted by Crippen LogP contribution is 2.57. The van der Waals surface area contributed by atoms with Gasteiger partial charge in [-0.1, -0.05) is 13.8 Å². The third-order valence-corrected chi connectivity index (χ3v) is 4.09. The lowest BCUT2D eigenvalue weighted by Gasteiger charge is -2.29. The van der Waals surface area contributed by atoms with E-state index >= 15 is 0 Å². The quantitative estimate of drug-likeness (QED) is 0.544. The Bertz CT molecular complexity index is 155. The normalized spacial score (nSPS) is 59.7. The second kappa shape index (κ2) is 1.76. The average Bonchev–Trinajstić information content (AvgIpc) is 2.25. The summed E-state index contributed by atoms with van der Waals surface area (Å²) < 4.78 is 0. The molecule has 0 aromatic rings. The fourth-order valence-electron chi connectivity index (χ4n) is 2.86. The smallest absolute Gasteiger partial charge is 0.0599 e. The van der Waals surface area contributed by atoms with Crippen LogP contribution in [0, 0.1) is 17.3 Å². The van der Waals surface area contributed by atoms with E-state index in [1.54, 1.807) is 0 Å². The predicted octanol–water partition coefficient (Wildman–Crippen LogP) is 1.80. The van der Waals surface area contributed by atoms with Gasteiger partial charge >= 0.3 is 0 Å². The molecule has 1 nitrogen and oxygen atoms in total. The lowest BCUT2D eigenvalue weighted by atomic mass is 9.80. The molecule has 58 valence electrons. The Balaban J connectivity index is 2.29. The van der Waals surface area contributed by atoms with Gasteiger partial charge in [0.2, 0.25) is 0 Å². The first kappa shape index (κ1) is 6.66. The fraction of sp³-hybridized carbons (Fsp3) is 1.00. The molecule has 0 heterocycles. The van der Waals surface area contributed by atoms with Crippen molar-refractivity contribution in [2.45, 2.75) is 39.2 Å². The van der Waals surface area contributed by atoms with Crippen LogP contribution in [0.15, 0.2) is 0 Å². The third-order valence-electron chi connectivity index (χ3n) is 4.09. The van der Waals surface area contributed by atoms with Gasteiger partial charge in [-0.3, -0.25) is 0 Å². The van der Waals surface area contributed by atoms with Crippen LogP contribution in [0.25, 0.3) is 0 Å². The summed E-state index contributed by atoms with van der Waals surface area (Å²) in [6.07, 6.45) is 3.67. The highest BCUT2D eigenvalue weighted by atomic mass is 16.3. The van der Waals surface area contributed by atoms with Gasteiger partial charge in [-0.25, -0.2) is 0 Å². The molecule has 1 N–H and O–H groups in total. The summed E-state index contributed by atoms with van der Waals surface area (Å²) in [4.78, 5) is 0. The molecular formula is C9H16O. The van der Waals surface area contributed by atoms with Gasteiger partial charge in [0.25, 0.3) is 0 Å². The van der Waals surface area contributed by atoms with Crippen LogP contribution in [0.3, 0.4) is 0 Å². The Morgan fingerprint density at radius 3 is 2.40 bits per heavy atom. The molecule has 2 fully saturated rings. The fourth-order valence-corrected chi connectivity index (χ4v) is 2.86. The van der Waals surface area contributed by atoms with Gasteiger partial charge in [-0.05, 0) is 36.5 Å². The van der Waals surface area contributed by atoms with Gasteiger partial charge in [0.15, 0.2) is 0 Å².